The van der Waals surface area contributed by atoms with E-state index in [-0.39, 0.29) is 28.3 Å². The summed E-state index contributed by atoms with van der Waals surface area (Å²) in [4.78, 5) is 22.2. The Bertz CT molecular complexity index is 535. The third-order valence-electron chi connectivity index (χ3n) is 4.69. The molecule has 0 aliphatic heterocycles. The van der Waals surface area contributed by atoms with Gasteiger partial charge in [-0.2, -0.15) is 0 Å². The normalized spacial score (nSPS) is 19.2. The van der Waals surface area contributed by atoms with Gasteiger partial charge in [0.05, 0.1) is 16.5 Å². The largest absolute Gasteiger partial charge is 0.299 e. The van der Waals surface area contributed by atoms with Crippen molar-refractivity contribution < 1.29 is 9.72 Å². The van der Waals surface area contributed by atoms with Crippen LogP contribution in [0, 0.1) is 26.9 Å². The maximum absolute atomic E-state index is 12.1. The molecule has 1 saturated carbocycles. The molecule has 2 rings (SSSR count). The Kier molecular flexibility index (Phi) is 3.20. The Morgan fingerprint density at radius 1 is 1.15 bits per heavy atom. The van der Waals surface area contributed by atoms with Gasteiger partial charge in [-0.3, -0.25) is 25.8 Å². The molecule has 2 N–H and O–H groups in total. The molecule has 0 aromatic heterocycles. The summed E-state index contributed by atoms with van der Waals surface area (Å²) in [5.74, 6) is -0.0982. The number of hydrazine groups is 1. The highest BCUT2D eigenvalue weighted by atomic mass is 16.6. The Morgan fingerprint density at radius 3 is 2.05 bits per heavy atom. The molecule has 0 atom stereocenters. The SMILES string of the molecule is CC1(C)C(C(=O)NNc2ccc([N+](=O)[O-])cc2)C1(C)C. The number of carbonyl (C=O) groups is 1. The van der Waals surface area contributed by atoms with Crippen molar-refractivity contribution in [3.63, 3.8) is 0 Å². The molecule has 0 saturated heterocycles. The number of non-ortho nitro benzene ring substituents is 1. The maximum atomic E-state index is 12.1. The molecule has 6 nitrogen and oxygen atoms in total. The van der Waals surface area contributed by atoms with Gasteiger partial charge < -0.3 is 0 Å². The van der Waals surface area contributed by atoms with Crippen LogP contribution in [-0.2, 0) is 4.79 Å². The molecule has 1 aromatic rings. The summed E-state index contributed by atoms with van der Waals surface area (Å²) in [5, 5.41) is 10.5. The highest BCUT2D eigenvalue weighted by Crippen LogP contribution is 2.68. The molecule has 6 heteroatoms. The number of benzene rings is 1. The quantitative estimate of drug-likeness (QED) is 0.654. The van der Waals surface area contributed by atoms with Crippen LogP contribution in [0.15, 0.2) is 24.3 Å². The Hall–Kier alpha value is -2.11. The number of rotatable bonds is 4. The second-order valence-electron chi connectivity index (χ2n) is 6.29. The first kappa shape index (κ1) is 14.3. The van der Waals surface area contributed by atoms with Crippen molar-refractivity contribution in [2.24, 2.45) is 16.7 Å². The van der Waals surface area contributed by atoms with Crippen LogP contribution >= 0.6 is 0 Å². The van der Waals surface area contributed by atoms with Gasteiger partial charge in [-0.25, -0.2) is 0 Å². The average Bonchev–Trinajstić information content (AvgIpc) is 2.77. The minimum Gasteiger partial charge on any atom is -0.299 e. The van der Waals surface area contributed by atoms with E-state index in [9.17, 15) is 14.9 Å². The topological polar surface area (TPSA) is 84.3 Å². The van der Waals surface area contributed by atoms with Crippen LogP contribution in [0.4, 0.5) is 11.4 Å². The fourth-order valence-electron chi connectivity index (χ4n) is 2.72. The van der Waals surface area contributed by atoms with E-state index in [4.69, 9.17) is 0 Å². The number of hydrogen-bond donors (Lipinski definition) is 2. The third-order valence-corrected chi connectivity index (χ3v) is 4.69. The highest BCUT2D eigenvalue weighted by Gasteiger charge is 2.68. The van der Waals surface area contributed by atoms with E-state index >= 15 is 0 Å². The summed E-state index contributed by atoms with van der Waals surface area (Å²) in [6, 6.07) is 5.89. The molecule has 108 valence electrons. The van der Waals surface area contributed by atoms with Crippen LogP contribution in [0.25, 0.3) is 0 Å². The Labute approximate surface area is 117 Å². The molecule has 0 heterocycles. The molecular weight excluding hydrogens is 258 g/mol. The lowest BCUT2D eigenvalue weighted by Crippen LogP contribution is -2.32. The highest BCUT2D eigenvalue weighted by molar-refractivity contribution is 5.85. The van der Waals surface area contributed by atoms with Crippen molar-refractivity contribution >= 4 is 17.3 Å². The lowest BCUT2D eigenvalue weighted by molar-refractivity contribution is -0.384. The summed E-state index contributed by atoms with van der Waals surface area (Å²) in [6.45, 7) is 8.29. The predicted molar refractivity (Wildman–Crippen MR) is 75.9 cm³/mol. The molecule has 1 aromatic carbocycles. The fourth-order valence-corrected chi connectivity index (χ4v) is 2.72. The van der Waals surface area contributed by atoms with E-state index in [1.807, 2.05) is 0 Å². The van der Waals surface area contributed by atoms with Crippen LogP contribution in [0.3, 0.4) is 0 Å². The Morgan fingerprint density at radius 2 is 1.65 bits per heavy atom. The lowest BCUT2D eigenvalue weighted by atomic mass is 10.0. The zero-order valence-electron chi connectivity index (χ0n) is 12.1. The van der Waals surface area contributed by atoms with Crippen LogP contribution < -0.4 is 10.9 Å². The second kappa shape index (κ2) is 4.47. The van der Waals surface area contributed by atoms with Gasteiger partial charge in [-0.1, -0.05) is 27.7 Å². The van der Waals surface area contributed by atoms with Crippen molar-refractivity contribution in [3.05, 3.63) is 34.4 Å². The minimum atomic E-state index is -0.461. The summed E-state index contributed by atoms with van der Waals surface area (Å²) in [7, 11) is 0. The van der Waals surface area contributed by atoms with Crippen LogP contribution in [-0.4, -0.2) is 10.8 Å². The summed E-state index contributed by atoms with van der Waals surface area (Å²) >= 11 is 0. The third kappa shape index (κ3) is 2.21. The van der Waals surface area contributed by atoms with Gasteiger partial charge in [-0.15, -0.1) is 0 Å². The zero-order valence-corrected chi connectivity index (χ0v) is 12.1. The van der Waals surface area contributed by atoms with Gasteiger partial charge in [0.25, 0.3) is 5.69 Å². The molecular formula is C14H19N3O3. The van der Waals surface area contributed by atoms with Crippen molar-refractivity contribution in [2.75, 3.05) is 5.43 Å². The smallest absolute Gasteiger partial charge is 0.269 e. The van der Waals surface area contributed by atoms with Gasteiger partial charge in [-0.05, 0) is 23.0 Å². The zero-order chi connectivity index (χ0) is 15.1. The number of nitrogens with zero attached hydrogens (tertiary/aromatic N) is 1. The number of carbonyl (C=O) groups excluding carboxylic acids is 1. The monoisotopic (exact) mass is 277 g/mol. The van der Waals surface area contributed by atoms with Crippen LogP contribution in [0.2, 0.25) is 0 Å². The van der Waals surface area contributed by atoms with Gasteiger partial charge in [0.15, 0.2) is 0 Å². The molecule has 0 unspecified atom stereocenters. The number of nitrogens with one attached hydrogen (secondary N) is 2. The van der Waals surface area contributed by atoms with E-state index in [2.05, 4.69) is 38.5 Å². The molecule has 0 bridgehead atoms. The Balaban J connectivity index is 1.93. The number of nitro groups is 1. The van der Waals surface area contributed by atoms with E-state index in [0.29, 0.717) is 5.69 Å². The second-order valence-corrected chi connectivity index (χ2v) is 6.29. The fraction of sp³-hybridized carbons (Fsp3) is 0.500. The first-order valence-electron chi connectivity index (χ1n) is 6.48. The number of hydrogen-bond acceptors (Lipinski definition) is 4. The van der Waals surface area contributed by atoms with Crippen molar-refractivity contribution in [1.29, 1.82) is 0 Å². The van der Waals surface area contributed by atoms with Crippen molar-refractivity contribution in [2.45, 2.75) is 27.7 Å². The summed E-state index contributed by atoms with van der Waals surface area (Å²) in [5.41, 5.74) is 6.04. The van der Waals surface area contributed by atoms with Gasteiger partial charge in [0, 0.05) is 12.1 Å². The van der Waals surface area contributed by atoms with Gasteiger partial charge >= 0.3 is 0 Å². The van der Waals surface area contributed by atoms with Crippen molar-refractivity contribution in [1.82, 2.24) is 5.43 Å². The predicted octanol–water partition coefficient (Wildman–Crippen LogP) is 2.72. The van der Waals surface area contributed by atoms with Gasteiger partial charge in [0.1, 0.15) is 0 Å². The van der Waals surface area contributed by atoms with E-state index < -0.39 is 4.92 Å². The lowest BCUT2D eigenvalue weighted by Gasteiger charge is -2.09. The average molecular weight is 277 g/mol. The first-order chi connectivity index (χ1) is 9.18. The molecule has 0 radical (unpaired) electrons. The number of anilines is 1. The standard InChI is InChI=1S/C14H19N3O3/c1-13(2)11(14(13,3)4)12(18)16-15-9-5-7-10(8-6-9)17(19)20/h5-8,11,15H,1-4H3,(H,16,18). The number of amides is 1. The van der Waals surface area contributed by atoms with Gasteiger partial charge in [0.2, 0.25) is 5.91 Å². The van der Waals surface area contributed by atoms with E-state index in [1.54, 1.807) is 12.1 Å². The molecule has 1 aliphatic carbocycles. The molecule has 20 heavy (non-hydrogen) atoms. The molecule has 1 amide bonds. The number of nitro benzene ring substituents is 1. The maximum Gasteiger partial charge on any atom is 0.269 e. The first-order valence-corrected chi connectivity index (χ1v) is 6.48. The van der Waals surface area contributed by atoms with E-state index in [0.717, 1.165) is 0 Å². The summed E-state index contributed by atoms with van der Waals surface area (Å²) < 4.78 is 0. The van der Waals surface area contributed by atoms with Crippen LogP contribution in [0.5, 0.6) is 0 Å². The van der Waals surface area contributed by atoms with E-state index in [1.165, 1.54) is 12.1 Å². The van der Waals surface area contributed by atoms with Crippen molar-refractivity contribution in [3.8, 4) is 0 Å². The van der Waals surface area contributed by atoms with Crippen LogP contribution in [0.1, 0.15) is 27.7 Å². The molecule has 1 aliphatic rings. The minimum absolute atomic E-state index is 0.0196. The molecule has 1 fully saturated rings. The summed E-state index contributed by atoms with van der Waals surface area (Å²) in [6.07, 6.45) is 0. The molecule has 0 spiro atoms.